The largest absolute Gasteiger partial charge is 0.461 e. The van der Waals surface area contributed by atoms with E-state index in [0.29, 0.717) is 13.0 Å². The Bertz CT molecular complexity index is 746. The summed E-state index contributed by atoms with van der Waals surface area (Å²) in [6.45, 7) is 0.354. The van der Waals surface area contributed by atoms with Crippen LogP contribution in [0.5, 0.6) is 0 Å². The SMILES string of the molecule is O=C(CCCc1c[nH]c2ccccc12)OCc1ccccc1. The van der Waals surface area contributed by atoms with Gasteiger partial charge in [-0.3, -0.25) is 4.79 Å². The molecule has 3 aromatic rings. The number of nitrogens with one attached hydrogen (secondary N) is 1. The van der Waals surface area contributed by atoms with Crippen molar-refractivity contribution in [3.63, 3.8) is 0 Å². The molecule has 0 bridgehead atoms. The lowest BCUT2D eigenvalue weighted by molar-refractivity contribution is -0.145. The Kier molecular flexibility index (Phi) is 4.54. The fourth-order valence-corrected chi connectivity index (χ4v) is 2.57. The molecule has 0 aliphatic carbocycles. The monoisotopic (exact) mass is 293 g/mol. The molecule has 0 fully saturated rings. The van der Waals surface area contributed by atoms with E-state index in [1.54, 1.807) is 0 Å². The number of hydrogen-bond donors (Lipinski definition) is 1. The summed E-state index contributed by atoms with van der Waals surface area (Å²) in [4.78, 5) is 15.0. The van der Waals surface area contributed by atoms with Crippen molar-refractivity contribution < 1.29 is 9.53 Å². The highest BCUT2D eigenvalue weighted by Crippen LogP contribution is 2.19. The Morgan fingerprint density at radius 2 is 1.77 bits per heavy atom. The van der Waals surface area contributed by atoms with Crippen LogP contribution >= 0.6 is 0 Å². The molecule has 1 heterocycles. The van der Waals surface area contributed by atoms with Gasteiger partial charge in [-0.2, -0.15) is 0 Å². The predicted octanol–water partition coefficient (Wildman–Crippen LogP) is 4.23. The van der Waals surface area contributed by atoms with Crippen LogP contribution in [0.25, 0.3) is 10.9 Å². The lowest BCUT2D eigenvalue weighted by Gasteiger charge is -2.04. The Hall–Kier alpha value is -2.55. The predicted molar refractivity (Wildman–Crippen MR) is 87.5 cm³/mol. The van der Waals surface area contributed by atoms with E-state index in [2.05, 4.69) is 17.1 Å². The van der Waals surface area contributed by atoms with Crippen LogP contribution < -0.4 is 0 Å². The van der Waals surface area contributed by atoms with Crippen molar-refractivity contribution in [3.05, 3.63) is 71.9 Å². The smallest absolute Gasteiger partial charge is 0.306 e. The van der Waals surface area contributed by atoms with Gasteiger partial charge in [0.2, 0.25) is 0 Å². The molecule has 0 unspecified atom stereocenters. The molecule has 3 rings (SSSR count). The van der Waals surface area contributed by atoms with Gasteiger partial charge in [0.25, 0.3) is 0 Å². The lowest BCUT2D eigenvalue weighted by atomic mass is 10.1. The third kappa shape index (κ3) is 3.55. The molecule has 112 valence electrons. The van der Waals surface area contributed by atoms with E-state index in [9.17, 15) is 4.79 Å². The third-order valence-corrected chi connectivity index (χ3v) is 3.74. The highest BCUT2D eigenvalue weighted by Gasteiger charge is 2.06. The normalized spacial score (nSPS) is 10.7. The molecule has 0 amide bonds. The Balaban J connectivity index is 1.45. The maximum Gasteiger partial charge on any atom is 0.306 e. The number of para-hydroxylation sites is 1. The fourth-order valence-electron chi connectivity index (χ4n) is 2.57. The van der Waals surface area contributed by atoms with Crippen molar-refractivity contribution >= 4 is 16.9 Å². The average Bonchev–Trinajstić information content (AvgIpc) is 2.97. The van der Waals surface area contributed by atoms with Crippen LogP contribution in [0, 0.1) is 0 Å². The number of aromatic amines is 1. The summed E-state index contributed by atoms with van der Waals surface area (Å²) in [6, 6.07) is 18.0. The number of aryl methyl sites for hydroxylation is 1. The van der Waals surface area contributed by atoms with E-state index in [-0.39, 0.29) is 5.97 Å². The quantitative estimate of drug-likeness (QED) is 0.691. The topological polar surface area (TPSA) is 42.1 Å². The molecule has 3 heteroatoms. The number of fused-ring (bicyclic) bond motifs is 1. The van der Waals surface area contributed by atoms with Crippen molar-refractivity contribution in [1.82, 2.24) is 4.98 Å². The van der Waals surface area contributed by atoms with E-state index < -0.39 is 0 Å². The minimum Gasteiger partial charge on any atom is -0.461 e. The third-order valence-electron chi connectivity index (χ3n) is 3.74. The summed E-state index contributed by atoms with van der Waals surface area (Å²) >= 11 is 0. The number of carbonyl (C=O) groups excluding carboxylic acids is 1. The van der Waals surface area contributed by atoms with Crippen molar-refractivity contribution in [2.75, 3.05) is 0 Å². The van der Waals surface area contributed by atoms with Crippen LogP contribution in [0.2, 0.25) is 0 Å². The van der Waals surface area contributed by atoms with Crippen molar-refractivity contribution in [3.8, 4) is 0 Å². The van der Waals surface area contributed by atoms with Crippen molar-refractivity contribution in [2.24, 2.45) is 0 Å². The summed E-state index contributed by atoms with van der Waals surface area (Å²) in [5.74, 6) is -0.135. The first-order valence-corrected chi connectivity index (χ1v) is 7.57. The molecule has 0 aliphatic rings. The van der Waals surface area contributed by atoms with Crippen molar-refractivity contribution in [1.29, 1.82) is 0 Å². The molecule has 0 saturated heterocycles. The Morgan fingerprint density at radius 1 is 1.00 bits per heavy atom. The van der Waals surface area contributed by atoms with Gasteiger partial charge in [-0.05, 0) is 30.0 Å². The molecule has 1 aromatic heterocycles. The first-order chi connectivity index (χ1) is 10.8. The maximum absolute atomic E-state index is 11.8. The summed E-state index contributed by atoms with van der Waals surface area (Å²) in [5.41, 5.74) is 3.42. The zero-order chi connectivity index (χ0) is 15.2. The van der Waals surface area contributed by atoms with Gasteiger partial charge >= 0.3 is 5.97 Å². The highest BCUT2D eigenvalue weighted by atomic mass is 16.5. The molecular weight excluding hydrogens is 274 g/mol. The molecule has 0 atom stereocenters. The lowest BCUT2D eigenvalue weighted by Crippen LogP contribution is -2.04. The van der Waals surface area contributed by atoms with Gasteiger partial charge in [-0.25, -0.2) is 0 Å². The minimum absolute atomic E-state index is 0.135. The van der Waals surface area contributed by atoms with Gasteiger partial charge in [0.05, 0.1) is 0 Å². The molecule has 1 N–H and O–H groups in total. The minimum atomic E-state index is -0.135. The van der Waals surface area contributed by atoms with E-state index in [4.69, 9.17) is 4.74 Å². The van der Waals surface area contributed by atoms with Gasteiger partial charge < -0.3 is 9.72 Å². The molecule has 3 nitrogen and oxygen atoms in total. The van der Waals surface area contributed by atoms with Gasteiger partial charge in [-0.1, -0.05) is 48.5 Å². The highest BCUT2D eigenvalue weighted by molar-refractivity contribution is 5.83. The standard InChI is InChI=1S/C19H19NO2/c21-19(22-14-15-7-2-1-3-8-15)12-6-9-16-13-20-18-11-5-4-10-17(16)18/h1-5,7-8,10-11,13,20H,6,9,12,14H2. The van der Waals surface area contributed by atoms with E-state index in [0.717, 1.165) is 23.9 Å². The first-order valence-electron chi connectivity index (χ1n) is 7.57. The Morgan fingerprint density at radius 3 is 2.64 bits per heavy atom. The fraction of sp³-hybridized carbons (Fsp3) is 0.211. The van der Waals surface area contributed by atoms with Crippen LogP contribution in [-0.4, -0.2) is 11.0 Å². The van der Waals surface area contributed by atoms with Gasteiger partial charge in [0, 0.05) is 23.5 Å². The number of esters is 1. The Labute approximate surface area is 129 Å². The van der Waals surface area contributed by atoms with Crippen LogP contribution in [-0.2, 0) is 22.6 Å². The first kappa shape index (κ1) is 14.4. The average molecular weight is 293 g/mol. The summed E-state index contributed by atoms with van der Waals surface area (Å²) < 4.78 is 5.29. The molecule has 22 heavy (non-hydrogen) atoms. The molecule has 0 spiro atoms. The van der Waals surface area contributed by atoms with Gasteiger partial charge in [-0.15, -0.1) is 0 Å². The number of ether oxygens (including phenoxy) is 1. The van der Waals surface area contributed by atoms with Crippen LogP contribution in [0.15, 0.2) is 60.8 Å². The number of rotatable bonds is 6. The molecule has 0 radical (unpaired) electrons. The molecule has 0 aliphatic heterocycles. The van der Waals surface area contributed by atoms with E-state index in [1.807, 2.05) is 48.7 Å². The zero-order valence-electron chi connectivity index (χ0n) is 12.4. The summed E-state index contributed by atoms with van der Waals surface area (Å²) in [7, 11) is 0. The van der Waals surface area contributed by atoms with Crippen LogP contribution in [0.1, 0.15) is 24.0 Å². The number of benzene rings is 2. The molecule has 0 saturated carbocycles. The molecule has 2 aromatic carbocycles. The van der Waals surface area contributed by atoms with Gasteiger partial charge in [0.1, 0.15) is 6.61 Å². The maximum atomic E-state index is 11.8. The van der Waals surface area contributed by atoms with Gasteiger partial charge in [0.15, 0.2) is 0 Å². The van der Waals surface area contributed by atoms with E-state index >= 15 is 0 Å². The van der Waals surface area contributed by atoms with Crippen LogP contribution in [0.3, 0.4) is 0 Å². The summed E-state index contributed by atoms with van der Waals surface area (Å²) in [6.07, 6.45) is 4.16. The number of hydrogen-bond acceptors (Lipinski definition) is 2. The molecular formula is C19H19NO2. The van der Waals surface area contributed by atoms with Crippen molar-refractivity contribution in [2.45, 2.75) is 25.9 Å². The number of H-pyrrole nitrogens is 1. The second kappa shape index (κ2) is 6.94. The second-order valence-corrected chi connectivity index (χ2v) is 5.36. The zero-order valence-corrected chi connectivity index (χ0v) is 12.4. The second-order valence-electron chi connectivity index (χ2n) is 5.36. The number of aromatic nitrogens is 1. The number of carbonyl (C=O) groups is 1. The van der Waals surface area contributed by atoms with Crippen LogP contribution in [0.4, 0.5) is 0 Å². The summed E-state index contributed by atoms with van der Waals surface area (Å²) in [5, 5.41) is 1.24. The van der Waals surface area contributed by atoms with E-state index in [1.165, 1.54) is 10.9 Å².